The minimum absolute atomic E-state index is 0.128. The molecule has 1 aromatic carbocycles. The fraction of sp³-hybridized carbons (Fsp3) is 0.462. The Morgan fingerprint density at radius 3 is 2.72 bits per heavy atom. The van der Waals surface area contributed by atoms with Crippen LogP contribution in [-0.2, 0) is 9.47 Å². The molecule has 1 rings (SSSR count). The molecule has 5 nitrogen and oxygen atoms in total. The minimum Gasteiger partial charge on any atom is -0.491 e. The van der Waals surface area contributed by atoms with Crippen LogP contribution in [0.3, 0.4) is 0 Å². The van der Waals surface area contributed by atoms with Crippen LogP contribution in [0.1, 0.15) is 10.4 Å². The summed E-state index contributed by atoms with van der Waals surface area (Å²) in [5.41, 5.74) is 0.579. The summed E-state index contributed by atoms with van der Waals surface area (Å²) in [6.45, 7) is 2.07. The van der Waals surface area contributed by atoms with Crippen molar-refractivity contribution in [2.24, 2.45) is 0 Å². The molecule has 0 aromatic heterocycles. The predicted molar refractivity (Wildman–Crippen MR) is 68.0 cm³/mol. The van der Waals surface area contributed by atoms with Gasteiger partial charge in [0.05, 0.1) is 19.8 Å². The molecule has 0 bridgehead atoms. The van der Waals surface area contributed by atoms with Gasteiger partial charge in [0.1, 0.15) is 12.4 Å². The van der Waals surface area contributed by atoms with E-state index in [1.165, 1.54) is 0 Å². The van der Waals surface area contributed by atoms with E-state index in [-0.39, 0.29) is 5.91 Å². The Kier molecular flexibility index (Phi) is 6.83. The van der Waals surface area contributed by atoms with Crippen LogP contribution in [0.5, 0.6) is 5.75 Å². The Morgan fingerprint density at radius 1 is 1.22 bits per heavy atom. The standard InChI is InChI=1S/C13H19NO4/c1-14-13(15)11-4-3-5-12(10-11)18-9-8-17-7-6-16-2/h3-5,10H,6-9H2,1-2H3,(H,14,15). The van der Waals surface area contributed by atoms with Gasteiger partial charge >= 0.3 is 0 Å². The van der Waals surface area contributed by atoms with Crippen LogP contribution >= 0.6 is 0 Å². The second kappa shape index (κ2) is 8.49. The molecule has 0 radical (unpaired) electrons. The van der Waals surface area contributed by atoms with E-state index in [0.717, 1.165) is 0 Å². The van der Waals surface area contributed by atoms with E-state index in [9.17, 15) is 4.79 Å². The molecule has 1 N–H and O–H groups in total. The Balaban J connectivity index is 2.32. The van der Waals surface area contributed by atoms with Crippen LogP contribution in [-0.4, -0.2) is 46.5 Å². The fourth-order valence-corrected chi connectivity index (χ4v) is 1.33. The highest BCUT2D eigenvalue weighted by Gasteiger charge is 2.03. The van der Waals surface area contributed by atoms with E-state index >= 15 is 0 Å². The van der Waals surface area contributed by atoms with Crippen molar-refractivity contribution >= 4 is 5.91 Å². The second-order valence-corrected chi connectivity index (χ2v) is 3.56. The maximum atomic E-state index is 11.4. The Hall–Kier alpha value is -1.59. The topological polar surface area (TPSA) is 56.8 Å². The average molecular weight is 253 g/mol. The molecular weight excluding hydrogens is 234 g/mol. The molecule has 0 atom stereocenters. The van der Waals surface area contributed by atoms with E-state index in [1.807, 2.05) is 6.07 Å². The molecule has 0 aliphatic carbocycles. The van der Waals surface area contributed by atoms with Crippen molar-refractivity contribution < 1.29 is 19.0 Å². The van der Waals surface area contributed by atoms with Gasteiger partial charge in [-0.2, -0.15) is 0 Å². The lowest BCUT2D eigenvalue weighted by atomic mass is 10.2. The van der Waals surface area contributed by atoms with E-state index in [4.69, 9.17) is 14.2 Å². The number of methoxy groups -OCH3 is 1. The van der Waals surface area contributed by atoms with Crippen molar-refractivity contribution in [3.63, 3.8) is 0 Å². The largest absolute Gasteiger partial charge is 0.491 e. The molecule has 18 heavy (non-hydrogen) atoms. The molecule has 0 saturated heterocycles. The molecule has 0 saturated carbocycles. The Labute approximate surface area is 107 Å². The molecule has 0 heterocycles. The Morgan fingerprint density at radius 2 is 2.00 bits per heavy atom. The Bertz CT molecular complexity index is 368. The van der Waals surface area contributed by atoms with Crippen molar-refractivity contribution in [2.75, 3.05) is 40.6 Å². The summed E-state index contributed by atoms with van der Waals surface area (Å²) in [7, 11) is 3.23. The van der Waals surface area contributed by atoms with Crippen LogP contribution in [0.4, 0.5) is 0 Å². The van der Waals surface area contributed by atoms with E-state index in [2.05, 4.69) is 5.32 Å². The summed E-state index contributed by atoms with van der Waals surface area (Å²) < 4.78 is 15.6. The van der Waals surface area contributed by atoms with E-state index in [0.29, 0.717) is 37.7 Å². The van der Waals surface area contributed by atoms with Crippen molar-refractivity contribution in [2.45, 2.75) is 0 Å². The van der Waals surface area contributed by atoms with Gasteiger partial charge in [0, 0.05) is 19.7 Å². The number of hydrogen-bond acceptors (Lipinski definition) is 4. The molecule has 5 heteroatoms. The quantitative estimate of drug-likeness (QED) is 0.705. The number of benzene rings is 1. The van der Waals surface area contributed by atoms with Crippen LogP contribution in [0.15, 0.2) is 24.3 Å². The monoisotopic (exact) mass is 253 g/mol. The first-order chi connectivity index (χ1) is 8.77. The third kappa shape index (κ3) is 5.16. The van der Waals surface area contributed by atoms with Crippen molar-refractivity contribution in [1.29, 1.82) is 0 Å². The van der Waals surface area contributed by atoms with Crippen molar-refractivity contribution in [3.8, 4) is 5.75 Å². The predicted octanol–water partition coefficient (Wildman–Crippen LogP) is 1.09. The summed E-state index contributed by atoms with van der Waals surface area (Å²) in [6, 6.07) is 7.03. The van der Waals surface area contributed by atoms with Crippen molar-refractivity contribution in [3.05, 3.63) is 29.8 Å². The SMILES string of the molecule is CNC(=O)c1cccc(OCCOCCOC)c1. The summed E-state index contributed by atoms with van der Waals surface area (Å²) in [5.74, 6) is 0.531. The molecule has 1 amide bonds. The molecule has 1 aromatic rings. The van der Waals surface area contributed by atoms with Gasteiger partial charge in [-0.1, -0.05) is 6.07 Å². The summed E-state index contributed by atoms with van der Waals surface area (Å²) in [5, 5.41) is 2.57. The van der Waals surface area contributed by atoms with Gasteiger partial charge in [-0.25, -0.2) is 0 Å². The van der Waals surface area contributed by atoms with Crippen LogP contribution in [0, 0.1) is 0 Å². The first-order valence-electron chi connectivity index (χ1n) is 5.79. The number of amides is 1. The average Bonchev–Trinajstić information content (AvgIpc) is 2.42. The highest BCUT2D eigenvalue weighted by atomic mass is 16.5. The number of nitrogens with one attached hydrogen (secondary N) is 1. The zero-order valence-corrected chi connectivity index (χ0v) is 10.8. The lowest BCUT2D eigenvalue weighted by molar-refractivity contribution is 0.0544. The number of carbonyl (C=O) groups is 1. The molecular formula is C13H19NO4. The smallest absolute Gasteiger partial charge is 0.251 e. The fourth-order valence-electron chi connectivity index (χ4n) is 1.33. The van der Waals surface area contributed by atoms with Gasteiger partial charge in [-0.15, -0.1) is 0 Å². The van der Waals surface area contributed by atoms with Crippen LogP contribution < -0.4 is 10.1 Å². The van der Waals surface area contributed by atoms with Gasteiger partial charge < -0.3 is 19.5 Å². The molecule has 0 unspecified atom stereocenters. The van der Waals surface area contributed by atoms with Crippen molar-refractivity contribution in [1.82, 2.24) is 5.32 Å². The number of rotatable bonds is 8. The highest BCUT2D eigenvalue weighted by molar-refractivity contribution is 5.94. The van der Waals surface area contributed by atoms with Crippen LogP contribution in [0.25, 0.3) is 0 Å². The van der Waals surface area contributed by atoms with Gasteiger partial charge in [0.25, 0.3) is 5.91 Å². The number of carbonyl (C=O) groups excluding carboxylic acids is 1. The summed E-state index contributed by atoms with van der Waals surface area (Å²) in [6.07, 6.45) is 0. The normalized spacial score (nSPS) is 10.1. The summed E-state index contributed by atoms with van der Waals surface area (Å²) >= 11 is 0. The number of hydrogen-bond donors (Lipinski definition) is 1. The molecule has 0 spiro atoms. The highest BCUT2D eigenvalue weighted by Crippen LogP contribution is 2.13. The van der Waals surface area contributed by atoms with Crippen LogP contribution in [0.2, 0.25) is 0 Å². The lowest BCUT2D eigenvalue weighted by Gasteiger charge is -2.08. The maximum Gasteiger partial charge on any atom is 0.251 e. The van der Waals surface area contributed by atoms with Gasteiger partial charge in [-0.05, 0) is 18.2 Å². The maximum absolute atomic E-state index is 11.4. The van der Waals surface area contributed by atoms with Gasteiger partial charge in [0.2, 0.25) is 0 Å². The molecule has 0 fully saturated rings. The second-order valence-electron chi connectivity index (χ2n) is 3.56. The zero-order valence-electron chi connectivity index (χ0n) is 10.8. The minimum atomic E-state index is -0.128. The third-order valence-electron chi connectivity index (χ3n) is 2.25. The molecule has 0 aliphatic rings. The third-order valence-corrected chi connectivity index (χ3v) is 2.25. The molecule has 0 aliphatic heterocycles. The zero-order chi connectivity index (χ0) is 13.2. The van der Waals surface area contributed by atoms with E-state index < -0.39 is 0 Å². The van der Waals surface area contributed by atoms with Gasteiger partial charge in [0.15, 0.2) is 0 Å². The lowest BCUT2D eigenvalue weighted by Crippen LogP contribution is -2.17. The first-order valence-corrected chi connectivity index (χ1v) is 5.79. The first kappa shape index (κ1) is 14.5. The summed E-state index contributed by atoms with van der Waals surface area (Å²) in [4.78, 5) is 11.4. The van der Waals surface area contributed by atoms with Gasteiger partial charge in [-0.3, -0.25) is 4.79 Å². The van der Waals surface area contributed by atoms with E-state index in [1.54, 1.807) is 32.4 Å². The number of ether oxygens (including phenoxy) is 3. The molecule has 100 valence electrons.